The molecule has 4 heterocycles. The van der Waals surface area contributed by atoms with Crippen molar-refractivity contribution in [2.45, 2.75) is 50.7 Å². The summed E-state index contributed by atoms with van der Waals surface area (Å²) < 4.78 is 5.59. The van der Waals surface area contributed by atoms with Gasteiger partial charge in [0.2, 0.25) is 11.8 Å². The number of ether oxygens (including phenoxy) is 1. The number of imide groups is 2. The quantitative estimate of drug-likeness (QED) is 0.578. The predicted octanol–water partition coefficient (Wildman–Crippen LogP) is 0.336. The zero-order valence-electron chi connectivity index (χ0n) is 17.9. The molecule has 4 aliphatic rings. The topological polar surface area (TPSA) is 117 Å². The second kappa shape index (κ2) is 8.38. The molecule has 170 valence electrons. The molecule has 1 spiro atoms. The van der Waals surface area contributed by atoms with Crippen molar-refractivity contribution in [2.24, 2.45) is 5.41 Å². The Morgan fingerprint density at radius 1 is 1.09 bits per heavy atom. The Hall–Kier alpha value is -2.62. The van der Waals surface area contributed by atoms with Gasteiger partial charge in [0.05, 0.1) is 11.1 Å². The van der Waals surface area contributed by atoms with Gasteiger partial charge in [0, 0.05) is 38.8 Å². The van der Waals surface area contributed by atoms with Crippen LogP contribution in [-0.2, 0) is 20.9 Å². The van der Waals surface area contributed by atoms with Gasteiger partial charge in [-0.1, -0.05) is 12.1 Å². The monoisotopic (exact) mass is 440 g/mol. The van der Waals surface area contributed by atoms with Gasteiger partial charge in [-0.15, -0.1) is 0 Å². The maximum absolute atomic E-state index is 13.3. The molecule has 4 amide bonds. The molecule has 2 unspecified atom stereocenters. The van der Waals surface area contributed by atoms with E-state index in [1.165, 1.54) is 0 Å². The number of carbonyl (C=O) groups is 4. The van der Waals surface area contributed by atoms with E-state index in [-0.39, 0.29) is 30.2 Å². The van der Waals surface area contributed by atoms with Crippen molar-refractivity contribution in [3.63, 3.8) is 0 Å². The van der Waals surface area contributed by atoms with Crippen LogP contribution < -0.4 is 16.0 Å². The highest BCUT2D eigenvalue weighted by molar-refractivity contribution is 6.24. The van der Waals surface area contributed by atoms with Crippen molar-refractivity contribution in [1.82, 2.24) is 20.9 Å². The molecule has 1 aromatic rings. The maximum Gasteiger partial charge on any atom is 0.262 e. The Morgan fingerprint density at radius 2 is 1.91 bits per heavy atom. The van der Waals surface area contributed by atoms with Gasteiger partial charge in [0.1, 0.15) is 6.04 Å². The van der Waals surface area contributed by atoms with Gasteiger partial charge < -0.3 is 15.4 Å². The molecule has 3 fully saturated rings. The Balaban J connectivity index is 1.36. The lowest BCUT2D eigenvalue weighted by molar-refractivity contribution is -0.136. The van der Waals surface area contributed by atoms with Crippen molar-refractivity contribution < 1.29 is 23.9 Å². The van der Waals surface area contributed by atoms with Crippen LogP contribution in [0.3, 0.4) is 0 Å². The molecule has 9 heteroatoms. The molecule has 0 radical (unpaired) electrons. The van der Waals surface area contributed by atoms with Crippen LogP contribution in [0.25, 0.3) is 0 Å². The van der Waals surface area contributed by atoms with Crippen LogP contribution in [0.1, 0.15) is 58.4 Å². The van der Waals surface area contributed by atoms with Crippen LogP contribution in [0.2, 0.25) is 0 Å². The Kier molecular flexibility index (Phi) is 5.56. The lowest BCUT2D eigenvalue weighted by atomic mass is 9.69. The number of hydrogen-bond donors (Lipinski definition) is 3. The molecular weight excluding hydrogens is 412 g/mol. The molecule has 0 aliphatic carbocycles. The number of benzene rings is 1. The van der Waals surface area contributed by atoms with Crippen LogP contribution in [0.5, 0.6) is 0 Å². The van der Waals surface area contributed by atoms with E-state index in [0.29, 0.717) is 17.7 Å². The Morgan fingerprint density at radius 3 is 2.69 bits per heavy atom. The second-order valence-electron chi connectivity index (χ2n) is 9.15. The SMILES string of the molecule is O=C1CCC(N2C(=O)c3cccc(CNC4CNCCC45CCOCC5)c3C2=O)C(=O)N1. The number of amides is 4. The number of fused-ring (bicyclic) bond motifs is 1. The van der Waals surface area contributed by atoms with E-state index in [4.69, 9.17) is 4.74 Å². The van der Waals surface area contributed by atoms with E-state index in [2.05, 4.69) is 16.0 Å². The molecule has 5 rings (SSSR count). The summed E-state index contributed by atoms with van der Waals surface area (Å²) in [6.45, 7) is 3.84. The summed E-state index contributed by atoms with van der Waals surface area (Å²) >= 11 is 0. The molecule has 4 aliphatic heterocycles. The third-order valence-corrected chi connectivity index (χ3v) is 7.47. The number of piperidine rings is 2. The lowest BCUT2D eigenvalue weighted by Crippen LogP contribution is -2.57. The average Bonchev–Trinajstić information content (AvgIpc) is 3.05. The summed E-state index contributed by atoms with van der Waals surface area (Å²) in [4.78, 5) is 51.1. The molecule has 0 aromatic heterocycles. The number of nitrogens with one attached hydrogen (secondary N) is 3. The van der Waals surface area contributed by atoms with E-state index in [0.717, 1.165) is 56.0 Å². The smallest absolute Gasteiger partial charge is 0.262 e. The van der Waals surface area contributed by atoms with Crippen molar-refractivity contribution in [3.05, 3.63) is 34.9 Å². The predicted molar refractivity (Wildman–Crippen MR) is 114 cm³/mol. The summed E-state index contributed by atoms with van der Waals surface area (Å²) in [6.07, 6.45) is 3.38. The van der Waals surface area contributed by atoms with Crippen LogP contribution in [0.4, 0.5) is 0 Å². The average molecular weight is 441 g/mol. The van der Waals surface area contributed by atoms with Crippen molar-refractivity contribution >= 4 is 23.6 Å². The number of carbonyl (C=O) groups excluding carboxylic acids is 4. The molecule has 1 aromatic carbocycles. The zero-order valence-corrected chi connectivity index (χ0v) is 17.9. The summed E-state index contributed by atoms with van der Waals surface area (Å²) in [6, 6.07) is 4.56. The fraction of sp³-hybridized carbons (Fsp3) is 0.565. The summed E-state index contributed by atoms with van der Waals surface area (Å²) in [5.74, 6) is -1.90. The van der Waals surface area contributed by atoms with Gasteiger partial charge in [0.15, 0.2) is 0 Å². The van der Waals surface area contributed by atoms with E-state index in [1.807, 2.05) is 6.07 Å². The van der Waals surface area contributed by atoms with Gasteiger partial charge in [-0.25, -0.2) is 0 Å². The number of nitrogens with zero attached hydrogens (tertiary/aromatic N) is 1. The minimum atomic E-state index is -0.950. The Bertz CT molecular complexity index is 963. The summed E-state index contributed by atoms with van der Waals surface area (Å²) in [5, 5.41) is 9.35. The molecule has 3 saturated heterocycles. The van der Waals surface area contributed by atoms with Crippen LogP contribution in [0, 0.1) is 5.41 Å². The highest BCUT2D eigenvalue weighted by Gasteiger charge is 2.46. The van der Waals surface area contributed by atoms with Gasteiger partial charge in [-0.05, 0) is 49.3 Å². The fourth-order valence-electron chi connectivity index (χ4n) is 5.60. The van der Waals surface area contributed by atoms with E-state index in [9.17, 15) is 19.2 Å². The van der Waals surface area contributed by atoms with E-state index in [1.54, 1.807) is 12.1 Å². The first kappa shape index (κ1) is 21.2. The maximum atomic E-state index is 13.3. The van der Waals surface area contributed by atoms with Crippen molar-refractivity contribution in [3.8, 4) is 0 Å². The first-order chi connectivity index (χ1) is 15.5. The van der Waals surface area contributed by atoms with Crippen molar-refractivity contribution in [1.29, 1.82) is 0 Å². The highest BCUT2D eigenvalue weighted by Crippen LogP contribution is 2.39. The standard InChI is InChI=1S/C23H28N4O5/c28-18-5-4-16(20(29)26-18)27-21(30)15-3-1-2-14(19(15)22(27)31)12-25-17-13-24-9-6-23(17)7-10-32-11-8-23/h1-3,16-17,24-25H,4-13H2,(H,26,28,29). The third-order valence-electron chi connectivity index (χ3n) is 7.47. The zero-order chi connectivity index (χ0) is 22.3. The van der Waals surface area contributed by atoms with Crippen LogP contribution in [-0.4, -0.2) is 66.9 Å². The van der Waals surface area contributed by atoms with Gasteiger partial charge >= 0.3 is 0 Å². The van der Waals surface area contributed by atoms with Gasteiger partial charge in [-0.2, -0.15) is 0 Å². The molecule has 0 bridgehead atoms. The van der Waals surface area contributed by atoms with E-state index >= 15 is 0 Å². The molecular formula is C23H28N4O5. The first-order valence-corrected chi connectivity index (χ1v) is 11.4. The normalized spacial score (nSPS) is 27.6. The van der Waals surface area contributed by atoms with Crippen LogP contribution in [0.15, 0.2) is 18.2 Å². The fourth-order valence-corrected chi connectivity index (χ4v) is 5.60. The molecule has 0 saturated carbocycles. The Labute approximate surface area is 186 Å². The highest BCUT2D eigenvalue weighted by atomic mass is 16.5. The van der Waals surface area contributed by atoms with Gasteiger partial charge in [0.25, 0.3) is 11.8 Å². The summed E-state index contributed by atoms with van der Waals surface area (Å²) in [7, 11) is 0. The molecule has 2 atom stereocenters. The second-order valence-corrected chi connectivity index (χ2v) is 9.15. The molecule has 3 N–H and O–H groups in total. The minimum absolute atomic E-state index is 0.110. The minimum Gasteiger partial charge on any atom is -0.381 e. The first-order valence-electron chi connectivity index (χ1n) is 11.4. The summed E-state index contributed by atoms with van der Waals surface area (Å²) in [5.41, 5.74) is 1.62. The van der Waals surface area contributed by atoms with Crippen LogP contribution >= 0.6 is 0 Å². The third kappa shape index (κ3) is 3.54. The number of hydrogen-bond acceptors (Lipinski definition) is 7. The largest absolute Gasteiger partial charge is 0.381 e. The van der Waals surface area contributed by atoms with E-state index < -0.39 is 23.8 Å². The number of rotatable bonds is 4. The molecule has 9 nitrogen and oxygen atoms in total. The van der Waals surface area contributed by atoms with Crippen molar-refractivity contribution in [2.75, 3.05) is 26.3 Å². The van der Waals surface area contributed by atoms with Gasteiger partial charge in [-0.3, -0.25) is 29.4 Å². The molecule has 32 heavy (non-hydrogen) atoms. The lowest BCUT2D eigenvalue weighted by Gasteiger charge is -2.47.